The number of ether oxygens (including phenoxy) is 1. The number of fused-ring (bicyclic) bond motifs is 1. The summed E-state index contributed by atoms with van der Waals surface area (Å²) < 4.78 is 4.99. The first-order chi connectivity index (χ1) is 6.72. The van der Waals surface area contributed by atoms with Crippen LogP contribution in [0.4, 0.5) is 0 Å². The molecule has 0 aliphatic carbocycles. The fourth-order valence-electron chi connectivity index (χ4n) is 1.41. The Bertz CT molecular complexity index is 445. The van der Waals surface area contributed by atoms with E-state index in [4.69, 9.17) is 4.74 Å². The van der Waals surface area contributed by atoms with Crippen molar-refractivity contribution in [3.63, 3.8) is 0 Å². The number of para-hydroxylation sites is 1. The zero-order chi connectivity index (χ0) is 10.1. The molecule has 1 heterocycles. The smallest absolute Gasteiger partial charge is 0.147 e. The van der Waals surface area contributed by atoms with Crippen molar-refractivity contribution >= 4 is 11.0 Å². The third kappa shape index (κ3) is 1.35. The number of rotatable bonds is 2. The lowest BCUT2D eigenvalue weighted by Gasteiger charge is -1.97. The van der Waals surface area contributed by atoms with Crippen molar-refractivity contribution in [2.75, 3.05) is 0 Å². The second-order valence-corrected chi connectivity index (χ2v) is 3.57. The Morgan fingerprint density at radius 1 is 1.43 bits per heavy atom. The van der Waals surface area contributed by atoms with Crippen LogP contribution in [0.3, 0.4) is 0 Å². The number of benzene rings is 1. The van der Waals surface area contributed by atoms with E-state index in [1.165, 1.54) is 0 Å². The highest BCUT2D eigenvalue weighted by atomic mass is 16.5. The van der Waals surface area contributed by atoms with Crippen molar-refractivity contribution in [1.29, 1.82) is 0 Å². The van der Waals surface area contributed by atoms with Gasteiger partial charge in [0, 0.05) is 5.92 Å². The van der Waals surface area contributed by atoms with Gasteiger partial charge in [-0.05, 0) is 12.1 Å². The van der Waals surface area contributed by atoms with Gasteiger partial charge in [-0.1, -0.05) is 19.9 Å². The van der Waals surface area contributed by atoms with Crippen LogP contribution in [0.15, 0.2) is 18.2 Å². The number of aromatic nitrogens is 2. The maximum atomic E-state index is 4.99. The van der Waals surface area contributed by atoms with Crippen molar-refractivity contribution in [2.24, 2.45) is 0 Å². The molecule has 3 heteroatoms. The lowest BCUT2D eigenvalue weighted by atomic mass is 10.2. The fraction of sp³-hybridized carbons (Fsp3) is 0.273. The Morgan fingerprint density at radius 3 is 2.86 bits per heavy atom. The van der Waals surface area contributed by atoms with Gasteiger partial charge < -0.3 is 9.72 Å². The van der Waals surface area contributed by atoms with Crippen molar-refractivity contribution in [2.45, 2.75) is 19.8 Å². The van der Waals surface area contributed by atoms with E-state index in [9.17, 15) is 0 Å². The van der Waals surface area contributed by atoms with Crippen molar-refractivity contribution in [3.05, 3.63) is 31.1 Å². The molecule has 14 heavy (non-hydrogen) atoms. The zero-order valence-electron chi connectivity index (χ0n) is 8.37. The predicted molar refractivity (Wildman–Crippen MR) is 56.2 cm³/mol. The van der Waals surface area contributed by atoms with Crippen LogP contribution in [-0.2, 0) is 0 Å². The van der Waals surface area contributed by atoms with Gasteiger partial charge in [-0.15, -0.1) is 0 Å². The number of aromatic amines is 1. The van der Waals surface area contributed by atoms with Gasteiger partial charge in [0.15, 0.2) is 0 Å². The normalized spacial score (nSPS) is 11.1. The number of imidazole rings is 1. The highest BCUT2D eigenvalue weighted by Gasteiger charge is 2.09. The van der Waals surface area contributed by atoms with E-state index in [1.807, 2.05) is 18.2 Å². The molecule has 0 atom stereocenters. The Labute approximate surface area is 83.1 Å². The second-order valence-electron chi connectivity index (χ2n) is 3.57. The van der Waals surface area contributed by atoms with Gasteiger partial charge in [0.1, 0.15) is 24.2 Å². The maximum Gasteiger partial charge on any atom is 0.147 e. The molecule has 3 nitrogen and oxygen atoms in total. The van der Waals surface area contributed by atoms with E-state index < -0.39 is 0 Å². The molecule has 0 aliphatic heterocycles. The minimum Gasteiger partial charge on any atom is -0.488 e. The van der Waals surface area contributed by atoms with Crippen LogP contribution in [0.2, 0.25) is 0 Å². The standard InChI is InChI=1S/C11H13N2O/c1-7(2)11-12-8-5-4-6-9(14-3)10(8)13-11/h4-7H,3H2,1-2H3,(H,12,13). The van der Waals surface area contributed by atoms with E-state index in [1.54, 1.807) is 0 Å². The van der Waals surface area contributed by atoms with Crippen molar-refractivity contribution < 1.29 is 4.74 Å². The molecule has 0 unspecified atom stereocenters. The Balaban J connectivity index is 2.64. The van der Waals surface area contributed by atoms with Gasteiger partial charge in [0.05, 0.1) is 5.52 Å². The van der Waals surface area contributed by atoms with Gasteiger partial charge in [-0.2, -0.15) is 0 Å². The van der Waals surface area contributed by atoms with Crippen LogP contribution >= 0.6 is 0 Å². The molecule has 0 aliphatic rings. The largest absolute Gasteiger partial charge is 0.488 e. The lowest BCUT2D eigenvalue weighted by Crippen LogP contribution is -1.88. The summed E-state index contributed by atoms with van der Waals surface area (Å²) in [7, 11) is 3.41. The van der Waals surface area contributed by atoms with E-state index in [-0.39, 0.29) is 0 Å². The van der Waals surface area contributed by atoms with E-state index >= 15 is 0 Å². The summed E-state index contributed by atoms with van der Waals surface area (Å²) in [5.41, 5.74) is 1.85. The predicted octanol–water partition coefficient (Wildman–Crippen LogP) is 2.86. The molecule has 2 aromatic rings. The Morgan fingerprint density at radius 2 is 2.21 bits per heavy atom. The second kappa shape index (κ2) is 3.33. The summed E-state index contributed by atoms with van der Waals surface area (Å²) in [6, 6.07) is 5.77. The van der Waals surface area contributed by atoms with E-state index in [0.29, 0.717) is 11.7 Å². The molecule has 0 spiro atoms. The maximum absolute atomic E-state index is 4.99. The molecule has 0 amide bonds. The third-order valence-electron chi connectivity index (χ3n) is 2.20. The molecule has 0 bridgehead atoms. The number of nitrogens with one attached hydrogen (secondary N) is 1. The van der Waals surface area contributed by atoms with Gasteiger partial charge in [0.2, 0.25) is 0 Å². The monoisotopic (exact) mass is 189 g/mol. The average molecular weight is 189 g/mol. The van der Waals surface area contributed by atoms with E-state index in [2.05, 4.69) is 30.9 Å². The van der Waals surface area contributed by atoms with Crippen molar-refractivity contribution in [1.82, 2.24) is 9.97 Å². The summed E-state index contributed by atoms with van der Waals surface area (Å²) in [4.78, 5) is 7.71. The summed E-state index contributed by atoms with van der Waals surface area (Å²) in [6.07, 6.45) is 0. The van der Waals surface area contributed by atoms with Gasteiger partial charge >= 0.3 is 0 Å². The van der Waals surface area contributed by atoms with Crippen LogP contribution in [-0.4, -0.2) is 9.97 Å². The summed E-state index contributed by atoms with van der Waals surface area (Å²) in [5, 5.41) is 0. The Kier molecular flexibility index (Phi) is 2.15. The minimum absolute atomic E-state index is 0.389. The molecule has 73 valence electrons. The number of hydrogen-bond donors (Lipinski definition) is 1. The molecular weight excluding hydrogens is 176 g/mol. The molecule has 1 aromatic heterocycles. The molecule has 0 saturated carbocycles. The first-order valence-electron chi connectivity index (χ1n) is 4.63. The van der Waals surface area contributed by atoms with Gasteiger partial charge in [-0.3, -0.25) is 0 Å². The van der Waals surface area contributed by atoms with Crippen LogP contribution in [0.1, 0.15) is 25.6 Å². The molecule has 1 N–H and O–H groups in total. The van der Waals surface area contributed by atoms with Crippen LogP contribution in [0.25, 0.3) is 11.0 Å². The number of H-pyrrole nitrogens is 1. The fourth-order valence-corrected chi connectivity index (χ4v) is 1.41. The third-order valence-corrected chi connectivity index (χ3v) is 2.20. The van der Waals surface area contributed by atoms with Crippen LogP contribution in [0.5, 0.6) is 5.75 Å². The number of nitrogens with zero attached hydrogens (tertiary/aromatic N) is 1. The zero-order valence-corrected chi connectivity index (χ0v) is 8.37. The van der Waals surface area contributed by atoms with Crippen LogP contribution in [0, 0.1) is 7.11 Å². The molecule has 1 radical (unpaired) electrons. The molecular formula is C11H13N2O. The summed E-state index contributed by atoms with van der Waals surface area (Å²) in [5.74, 6) is 2.08. The van der Waals surface area contributed by atoms with E-state index in [0.717, 1.165) is 16.9 Å². The SMILES string of the molecule is [CH2]Oc1cccc2[nH]c(C(C)C)nc12. The van der Waals surface area contributed by atoms with Gasteiger partial charge in [-0.25, -0.2) is 4.98 Å². The molecule has 2 rings (SSSR count). The first kappa shape index (κ1) is 9.06. The van der Waals surface area contributed by atoms with Gasteiger partial charge in [0.25, 0.3) is 0 Å². The lowest BCUT2D eigenvalue weighted by molar-refractivity contribution is 0.477. The van der Waals surface area contributed by atoms with Crippen molar-refractivity contribution in [3.8, 4) is 5.75 Å². The minimum atomic E-state index is 0.389. The van der Waals surface area contributed by atoms with Crippen LogP contribution < -0.4 is 4.74 Å². The molecule has 0 saturated heterocycles. The highest BCUT2D eigenvalue weighted by Crippen LogP contribution is 2.25. The average Bonchev–Trinajstić information content (AvgIpc) is 2.60. The highest BCUT2D eigenvalue weighted by molar-refractivity contribution is 5.81. The quantitative estimate of drug-likeness (QED) is 0.788. The molecule has 1 aromatic carbocycles. The summed E-state index contributed by atoms with van der Waals surface area (Å²) >= 11 is 0. The first-order valence-corrected chi connectivity index (χ1v) is 4.63. The molecule has 0 fully saturated rings. The topological polar surface area (TPSA) is 37.9 Å². The Hall–Kier alpha value is -1.51. The summed E-state index contributed by atoms with van der Waals surface area (Å²) in [6.45, 7) is 4.20. The number of hydrogen-bond acceptors (Lipinski definition) is 2.